The minimum atomic E-state index is 0.198. The summed E-state index contributed by atoms with van der Waals surface area (Å²) in [7, 11) is 0. The van der Waals surface area contributed by atoms with Crippen LogP contribution in [0.1, 0.15) is 46.5 Å². The van der Waals surface area contributed by atoms with E-state index >= 15 is 0 Å². The number of rotatable bonds is 8. The maximum atomic E-state index is 12.2. The number of ether oxygens (including phenoxy) is 1. The summed E-state index contributed by atoms with van der Waals surface area (Å²) >= 11 is 0. The minimum absolute atomic E-state index is 0.198. The number of carbonyl (C=O) groups is 1. The highest BCUT2D eigenvalue weighted by Crippen LogP contribution is 2.33. The lowest BCUT2D eigenvalue weighted by Crippen LogP contribution is -2.39. The molecule has 0 spiro atoms. The summed E-state index contributed by atoms with van der Waals surface area (Å²) in [5.41, 5.74) is 0. The maximum absolute atomic E-state index is 12.2. The normalized spacial score (nSPS) is 21.8. The fourth-order valence-corrected chi connectivity index (χ4v) is 2.53. The Hall–Kier alpha value is -1.08. The van der Waals surface area contributed by atoms with E-state index in [9.17, 15) is 4.79 Å². The quantitative estimate of drug-likeness (QED) is 0.678. The Balaban J connectivity index is 2.34. The SMILES string of the molecule is CCOC1CC(CC(=O)N(CCC#N)CC(C)C)C1. The number of hydrogen-bond donors (Lipinski definition) is 0. The van der Waals surface area contributed by atoms with Crippen LogP contribution >= 0.6 is 0 Å². The van der Waals surface area contributed by atoms with Gasteiger partial charge in [-0.15, -0.1) is 0 Å². The summed E-state index contributed by atoms with van der Waals surface area (Å²) in [4.78, 5) is 14.1. The van der Waals surface area contributed by atoms with Crippen LogP contribution in [0.3, 0.4) is 0 Å². The van der Waals surface area contributed by atoms with E-state index in [1.54, 1.807) is 0 Å². The lowest BCUT2D eigenvalue weighted by atomic mass is 9.79. The summed E-state index contributed by atoms with van der Waals surface area (Å²) in [5, 5.41) is 8.66. The molecule has 1 aliphatic rings. The van der Waals surface area contributed by atoms with Crippen molar-refractivity contribution in [3.05, 3.63) is 0 Å². The van der Waals surface area contributed by atoms with Crippen LogP contribution < -0.4 is 0 Å². The Kier molecular flexibility index (Phi) is 6.86. The van der Waals surface area contributed by atoms with E-state index in [-0.39, 0.29) is 5.91 Å². The molecule has 108 valence electrons. The minimum Gasteiger partial charge on any atom is -0.378 e. The Morgan fingerprint density at radius 1 is 1.47 bits per heavy atom. The van der Waals surface area contributed by atoms with Crippen LogP contribution in [0, 0.1) is 23.2 Å². The Morgan fingerprint density at radius 3 is 2.68 bits per heavy atom. The maximum Gasteiger partial charge on any atom is 0.222 e. The highest BCUT2D eigenvalue weighted by atomic mass is 16.5. The van der Waals surface area contributed by atoms with Gasteiger partial charge in [0, 0.05) is 26.1 Å². The Bertz CT molecular complexity index is 317. The van der Waals surface area contributed by atoms with Crippen LogP contribution in [0.15, 0.2) is 0 Å². The van der Waals surface area contributed by atoms with Gasteiger partial charge >= 0.3 is 0 Å². The first kappa shape index (κ1) is 16.0. The predicted molar refractivity (Wildman–Crippen MR) is 74.4 cm³/mol. The van der Waals surface area contributed by atoms with Crippen molar-refractivity contribution in [3.8, 4) is 6.07 Å². The largest absolute Gasteiger partial charge is 0.378 e. The molecule has 1 fully saturated rings. The van der Waals surface area contributed by atoms with Crippen LogP contribution in [0.2, 0.25) is 0 Å². The van der Waals surface area contributed by atoms with Crippen LogP contribution in [-0.2, 0) is 9.53 Å². The fourth-order valence-electron chi connectivity index (χ4n) is 2.53. The molecule has 0 radical (unpaired) electrons. The smallest absolute Gasteiger partial charge is 0.222 e. The third-order valence-electron chi connectivity index (χ3n) is 3.49. The highest BCUT2D eigenvalue weighted by Gasteiger charge is 2.32. The van der Waals surface area contributed by atoms with Gasteiger partial charge in [-0.2, -0.15) is 5.26 Å². The van der Waals surface area contributed by atoms with Crippen LogP contribution in [0.4, 0.5) is 0 Å². The van der Waals surface area contributed by atoms with Gasteiger partial charge in [0.05, 0.1) is 18.6 Å². The van der Waals surface area contributed by atoms with Crippen molar-refractivity contribution in [1.29, 1.82) is 5.26 Å². The van der Waals surface area contributed by atoms with Crippen LogP contribution in [0.5, 0.6) is 0 Å². The predicted octanol–water partition coefficient (Wildman–Crippen LogP) is 2.59. The summed E-state index contributed by atoms with van der Waals surface area (Å²) in [6.45, 7) is 8.28. The van der Waals surface area contributed by atoms with Gasteiger partial charge in [-0.1, -0.05) is 13.8 Å². The lowest BCUT2D eigenvalue weighted by molar-refractivity contribution is -0.135. The summed E-state index contributed by atoms with van der Waals surface area (Å²) < 4.78 is 5.51. The van der Waals surface area contributed by atoms with Crippen molar-refractivity contribution in [3.63, 3.8) is 0 Å². The van der Waals surface area contributed by atoms with Crippen molar-refractivity contribution < 1.29 is 9.53 Å². The number of hydrogen-bond acceptors (Lipinski definition) is 3. The van der Waals surface area contributed by atoms with Gasteiger partial charge in [-0.25, -0.2) is 0 Å². The Morgan fingerprint density at radius 2 is 2.16 bits per heavy atom. The van der Waals surface area contributed by atoms with Crippen molar-refractivity contribution in [1.82, 2.24) is 4.90 Å². The second-order valence-electron chi connectivity index (χ2n) is 5.76. The van der Waals surface area contributed by atoms with Crippen molar-refractivity contribution >= 4 is 5.91 Å². The standard InChI is InChI=1S/C15H26N2O2/c1-4-19-14-8-13(9-14)10-15(18)17(7-5-6-16)11-12(2)3/h12-14H,4-5,7-11H2,1-3H3. The molecule has 19 heavy (non-hydrogen) atoms. The zero-order valence-corrected chi connectivity index (χ0v) is 12.4. The topological polar surface area (TPSA) is 53.3 Å². The van der Waals surface area contributed by atoms with E-state index in [2.05, 4.69) is 19.9 Å². The zero-order chi connectivity index (χ0) is 14.3. The molecular weight excluding hydrogens is 240 g/mol. The molecule has 0 aromatic rings. The molecule has 0 heterocycles. The molecule has 0 aliphatic heterocycles. The molecule has 0 atom stereocenters. The molecule has 1 amide bonds. The summed E-state index contributed by atoms with van der Waals surface area (Å²) in [6.07, 6.45) is 3.41. The molecule has 0 aromatic heterocycles. The first-order valence-corrected chi connectivity index (χ1v) is 7.33. The molecule has 4 nitrogen and oxygen atoms in total. The van der Waals surface area contributed by atoms with Gasteiger partial charge in [-0.3, -0.25) is 4.79 Å². The van der Waals surface area contributed by atoms with E-state index < -0.39 is 0 Å². The van der Waals surface area contributed by atoms with Gasteiger partial charge in [0.15, 0.2) is 0 Å². The van der Waals surface area contributed by atoms with Crippen molar-refractivity contribution in [2.45, 2.75) is 52.6 Å². The first-order valence-electron chi connectivity index (χ1n) is 7.33. The van der Waals surface area contributed by atoms with E-state index in [4.69, 9.17) is 10.00 Å². The van der Waals surface area contributed by atoms with Gasteiger partial charge in [0.1, 0.15) is 0 Å². The van der Waals surface area contributed by atoms with Gasteiger partial charge in [-0.05, 0) is 31.6 Å². The first-order chi connectivity index (χ1) is 9.06. The molecule has 0 unspecified atom stereocenters. The monoisotopic (exact) mass is 266 g/mol. The van der Waals surface area contributed by atoms with Crippen molar-refractivity contribution in [2.24, 2.45) is 11.8 Å². The molecule has 1 aliphatic carbocycles. The lowest BCUT2D eigenvalue weighted by Gasteiger charge is -2.36. The van der Waals surface area contributed by atoms with E-state index in [0.29, 0.717) is 37.3 Å². The average Bonchev–Trinajstić information content (AvgIpc) is 2.31. The molecule has 4 heteroatoms. The summed E-state index contributed by atoms with van der Waals surface area (Å²) in [6, 6.07) is 2.12. The number of amides is 1. The Labute approximate surface area is 116 Å². The highest BCUT2D eigenvalue weighted by molar-refractivity contribution is 5.76. The van der Waals surface area contributed by atoms with Crippen LogP contribution in [-0.4, -0.2) is 36.6 Å². The molecule has 0 bridgehead atoms. The van der Waals surface area contributed by atoms with E-state index in [1.807, 2.05) is 11.8 Å². The molecule has 1 saturated carbocycles. The summed E-state index contributed by atoms with van der Waals surface area (Å²) in [5.74, 6) is 1.12. The number of nitriles is 1. The third-order valence-corrected chi connectivity index (χ3v) is 3.49. The molecule has 0 saturated heterocycles. The fraction of sp³-hybridized carbons (Fsp3) is 0.867. The van der Waals surface area contributed by atoms with Gasteiger partial charge < -0.3 is 9.64 Å². The molecular formula is C15H26N2O2. The third kappa shape index (κ3) is 5.61. The van der Waals surface area contributed by atoms with E-state index in [0.717, 1.165) is 26.0 Å². The zero-order valence-electron chi connectivity index (χ0n) is 12.4. The van der Waals surface area contributed by atoms with Gasteiger partial charge in [0.25, 0.3) is 0 Å². The van der Waals surface area contributed by atoms with Crippen LogP contribution in [0.25, 0.3) is 0 Å². The van der Waals surface area contributed by atoms with E-state index in [1.165, 1.54) is 0 Å². The van der Waals surface area contributed by atoms with Crippen molar-refractivity contribution in [2.75, 3.05) is 19.7 Å². The number of nitrogens with zero attached hydrogens (tertiary/aromatic N) is 2. The number of carbonyl (C=O) groups excluding carboxylic acids is 1. The van der Waals surface area contributed by atoms with Gasteiger partial charge in [0.2, 0.25) is 5.91 Å². The molecule has 0 aromatic carbocycles. The molecule has 1 rings (SSSR count). The second kappa shape index (κ2) is 8.16. The average molecular weight is 266 g/mol. The second-order valence-corrected chi connectivity index (χ2v) is 5.76. The molecule has 0 N–H and O–H groups in total.